The van der Waals surface area contributed by atoms with Crippen molar-refractivity contribution in [1.29, 1.82) is 0 Å². The van der Waals surface area contributed by atoms with Crippen LogP contribution in [0.15, 0.2) is 24.5 Å². The van der Waals surface area contributed by atoms with Crippen molar-refractivity contribution < 1.29 is 9.90 Å². The molecule has 1 aliphatic rings. The predicted molar refractivity (Wildman–Crippen MR) is 89.2 cm³/mol. The van der Waals surface area contributed by atoms with Crippen LogP contribution in [0.5, 0.6) is 5.75 Å². The van der Waals surface area contributed by atoms with E-state index in [4.69, 9.17) is 0 Å². The zero-order valence-corrected chi connectivity index (χ0v) is 14.2. The van der Waals surface area contributed by atoms with Gasteiger partial charge < -0.3 is 19.9 Å². The lowest BCUT2D eigenvalue weighted by Gasteiger charge is -2.24. The van der Waals surface area contributed by atoms with E-state index in [2.05, 4.69) is 15.3 Å². The van der Waals surface area contributed by atoms with E-state index in [1.165, 1.54) is 0 Å². The van der Waals surface area contributed by atoms with Gasteiger partial charge in [0.15, 0.2) is 0 Å². The molecule has 1 saturated heterocycles. The molecule has 7 nitrogen and oxygen atoms in total. The van der Waals surface area contributed by atoms with Crippen LogP contribution >= 0.6 is 0 Å². The van der Waals surface area contributed by atoms with Gasteiger partial charge in [-0.05, 0) is 19.1 Å². The number of carbonyl (C=O) groups excluding carboxylic acids is 1. The van der Waals surface area contributed by atoms with Gasteiger partial charge in [0.25, 0.3) is 0 Å². The summed E-state index contributed by atoms with van der Waals surface area (Å²) in [4.78, 5) is 22.7. The van der Waals surface area contributed by atoms with E-state index in [9.17, 15) is 9.90 Å². The molecule has 2 aromatic rings. The Balaban J connectivity index is 1.68. The van der Waals surface area contributed by atoms with E-state index in [1.54, 1.807) is 23.2 Å². The van der Waals surface area contributed by atoms with Gasteiger partial charge in [0, 0.05) is 57.6 Å². The minimum atomic E-state index is -0.0379. The number of pyridine rings is 1. The van der Waals surface area contributed by atoms with Crippen molar-refractivity contribution in [2.75, 3.05) is 13.6 Å². The number of carbonyl (C=O) groups is 1. The van der Waals surface area contributed by atoms with E-state index in [-0.39, 0.29) is 23.6 Å². The van der Waals surface area contributed by atoms with E-state index >= 15 is 0 Å². The highest BCUT2D eigenvalue weighted by molar-refractivity contribution is 5.79. The molecule has 2 N–H and O–H groups in total. The van der Waals surface area contributed by atoms with Crippen LogP contribution in [0.1, 0.15) is 29.7 Å². The SMILES string of the molecule is Cc1ccc(O)c(CNC[C@@H]2CC(=O)N(C)[C@H]2c2nccn2C)n1. The number of imidazole rings is 1. The second-order valence-electron chi connectivity index (χ2n) is 6.36. The van der Waals surface area contributed by atoms with Crippen molar-refractivity contribution in [3.63, 3.8) is 0 Å². The summed E-state index contributed by atoms with van der Waals surface area (Å²) in [5.41, 5.74) is 1.49. The molecule has 3 heterocycles. The topological polar surface area (TPSA) is 83.3 Å². The van der Waals surface area contributed by atoms with E-state index < -0.39 is 0 Å². The molecule has 2 aromatic heterocycles. The van der Waals surface area contributed by atoms with Gasteiger partial charge in [-0.1, -0.05) is 0 Å². The quantitative estimate of drug-likeness (QED) is 0.859. The summed E-state index contributed by atoms with van der Waals surface area (Å²) in [6.07, 6.45) is 4.14. The van der Waals surface area contributed by atoms with Crippen molar-refractivity contribution >= 4 is 5.91 Å². The highest BCUT2D eigenvalue weighted by Crippen LogP contribution is 2.35. The molecule has 0 aromatic carbocycles. The first-order valence-corrected chi connectivity index (χ1v) is 8.06. The molecule has 1 fully saturated rings. The molecule has 0 saturated carbocycles. The average molecular weight is 329 g/mol. The summed E-state index contributed by atoms with van der Waals surface area (Å²) >= 11 is 0. The van der Waals surface area contributed by atoms with Crippen molar-refractivity contribution in [1.82, 2.24) is 24.8 Å². The Morgan fingerprint density at radius 1 is 1.38 bits per heavy atom. The lowest BCUT2D eigenvalue weighted by Crippen LogP contribution is -2.31. The smallest absolute Gasteiger partial charge is 0.223 e. The molecule has 0 spiro atoms. The summed E-state index contributed by atoms with van der Waals surface area (Å²) in [5.74, 6) is 1.35. The maximum absolute atomic E-state index is 12.1. The number of amides is 1. The molecule has 0 bridgehead atoms. The zero-order valence-electron chi connectivity index (χ0n) is 14.2. The fourth-order valence-corrected chi connectivity index (χ4v) is 3.29. The lowest BCUT2D eigenvalue weighted by atomic mass is 9.99. The van der Waals surface area contributed by atoms with Gasteiger partial charge >= 0.3 is 0 Å². The summed E-state index contributed by atoms with van der Waals surface area (Å²) in [7, 11) is 3.77. The minimum Gasteiger partial charge on any atom is -0.506 e. The van der Waals surface area contributed by atoms with Gasteiger partial charge in [0.1, 0.15) is 11.6 Å². The summed E-state index contributed by atoms with van der Waals surface area (Å²) in [5, 5.41) is 13.2. The fraction of sp³-hybridized carbons (Fsp3) is 0.471. The Labute approximate surface area is 141 Å². The third-order valence-corrected chi connectivity index (χ3v) is 4.61. The van der Waals surface area contributed by atoms with E-state index in [0.717, 1.165) is 11.5 Å². The maximum Gasteiger partial charge on any atom is 0.223 e. The average Bonchev–Trinajstić information content (AvgIpc) is 3.07. The number of likely N-dealkylation sites (tertiary alicyclic amines) is 1. The van der Waals surface area contributed by atoms with Crippen molar-refractivity contribution in [3.8, 4) is 5.75 Å². The Hall–Kier alpha value is -2.41. The van der Waals surface area contributed by atoms with Crippen LogP contribution in [-0.4, -0.2) is 44.0 Å². The number of hydrogen-bond donors (Lipinski definition) is 2. The Kier molecular flexibility index (Phi) is 4.53. The largest absolute Gasteiger partial charge is 0.506 e. The summed E-state index contributed by atoms with van der Waals surface area (Å²) in [6.45, 7) is 3.02. The molecule has 0 aliphatic carbocycles. The van der Waals surface area contributed by atoms with E-state index in [0.29, 0.717) is 25.2 Å². The van der Waals surface area contributed by atoms with Gasteiger partial charge in [-0.25, -0.2) is 4.98 Å². The molecular formula is C17H23N5O2. The van der Waals surface area contributed by atoms with Crippen LogP contribution in [0.2, 0.25) is 0 Å². The third kappa shape index (κ3) is 3.12. The van der Waals surface area contributed by atoms with Crippen LogP contribution < -0.4 is 5.32 Å². The first kappa shape index (κ1) is 16.4. The Bertz CT molecular complexity index is 742. The molecule has 0 unspecified atom stereocenters. The molecule has 2 atom stereocenters. The fourth-order valence-electron chi connectivity index (χ4n) is 3.29. The molecule has 3 rings (SSSR count). The van der Waals surface area contributed by atoms with Crippen LogP contribution in [0.25, 0.3) is 0 Å². The predicted octanol–water partition coefficient (Wildman–Crippen LogP) is 1.14. The number of aryl methyl sites for hydroxylation is 2. The van der Waals surface area contributed by atoms with Gasteiger partial charge in [-0.15, -0.1) is 0 Å². The second-order valence-corrected chi connectivity index (χ2v) is 6.36. The van der Waals surface area contributed by atoms with Crippen molar-refractivity contribution in [3.05, 3.63) is 41.7 Å². The Morgan fingerprint density at radius 3 is 2.88 bits per heavy atom. The maximum atomic E-state index is 12.1. The first-order valence-electron chi connectivity index (χ1n) is 8.06. The normalized spacial score (nSPS) is 20.8. The molecule has 128 valence electrons. The van der Waals surface area contributed by atoms with Crippen molar-refractivity contribution in [2.24, 2.45) is 13.0 Å². The van der Waals surface area contributed by atoms with Crippen LogP contribution in [0, 0.1) is 12.8 Å². The number of rotatable bonds is 5. The lowest BCUT2D eigenvalue weighted by molar-refractivity contribution is -0.127. The Morgan fingerprint density at radius 2 is 2.17 bits per heavy atom. The number of aromatic hydroxyl groups is 1. The van der Waals surface area contributed by atoms with Gasteiger partial charge in [-0.2, -0.15) is 0 Å². The van der Waals surface area contributed by atoms with Crippen LogP contribution in [0.4, 0.5) is 0 Å². The molecule has 0 radical (unpaired) electrons. The second kappa shape index (κ2) is 6.60. The standard InChI is InChI=1S/C17H23N5O2/c1-11-4-5-14(23)13(20-11)10-18-9-12-8-15(24)22(3)16(12)17-19-6-7-21(17)2/h4-7,12,16,18,23H,8-10H2,1-3H3/t12-,16+/m0/s1. The van der Waals surface area contributed by atoms with Gasteiger partial charge in [-0.3, -0.25) is 9.78 Å². The summed E-state index contributed by atoms with van der Waals surface area (Å²) in [6, 6.07) is 3.40. The number of hydrogen-bond acceptors (Lipinski definition) is 5. The number of aromatic nitrogens is 3. The monoisotopic (exact) mass is 329 g/mol. The minimum absolute atomic E-state index is 0.0379. The first-order chi connectivity index (χ1) is 11.5. The van der Waals surface area contributed by atoms with Gasteiger partial charge in [0.2, 0.25) is 5.91 Å². The molecule has 7 heteroatoms. The highest BCUT2D eigenvalue weighted by atomic mass is 16.3. The molecular weight excluding hydrogens is 306 g/mol. The number of nitrogens with one attached hydrogen (secondary N) is 1. The zero-order chi connectivity index (χ0) is 17.3. The summed E-state index contributed by atoms with van der Waals surface area (Å²) < 4.78 is 1.96. The highest BCUT2D eigenvalue weighted by Gasteiger charge is 2.40. The van der Waals surface area contributed by atoms with Crippen LogP contribution in [-0.2, 0) is 18.4 Å². The third-order valence-electron chi connectivity index (χ3n) is 4.61. The van der Waals surface area contributed by atoms with Crippen molar-refractivity contribution in [2.45, 2.75) is 25.9 Å². The molecule has 24 heavy (non-hydrogen) atoms. The molecule has 1 aliphatic heterocycles. The van der Waals surface area contributed by atoms with Gasteiger partial charge in [0.05, 0.1) is 11.7 Å². The number of nitrogens with zero attached hydrogens (tertiary/aromatic N) is 4. The van der Waals surface area contributed by atoms with Crippen LogP contribution in [0.3, 0.4) is 0 Å². The van der Waals surface area contributed by atoms with E-state index in [1.807, 2.05) is 31.8 Å². The molecule has 1 amide bonds.